The zero-order chi connectivity index (χ0) is 19.6. The number of barbiturate groups is 1. The summed E-state index contributed by atoms with van der Waals surface area (Å²) in [6.45, 7) is 0. The zero-order valence-corrected chi connectivity index (χ0v) is 14.0. The second-order valence-corrected chi connectivity index (χ2v) is 5.48. The molecule has 3 rings (SSSR count). The number of carbonyl (C=O) groups is 3. The number of nitro groups is 1. The van der Waals surface area contributed by atoms with Crippen LogP contribution in [0, 0.1) is 10.1 Å². The maximum absolute atomic E-state index is 12.7. The van der Waals surface area contributed by atoms with Gasteiger partial charge in [0.05, 0.1) is 17.7 Å². The third kappa shape index (κ3) is 3.38. The summed E-state index contributed by atoms with van der Waals surface area (Å²) in [5.41, 5.74) is -0.105. The van der Waals surface area contributed by atoms with Crippen LogP contribution in [0.25, 0.3) is 6.08 Å². The first kappa shape index (κ1) is 17.8. The van der Waals surface area contributed by atoms with Crippen LogP contribution in [0.1, 0.15) is 5.56 Å². The number of imide groups is 2. The lowest BCUT2D eigenvalue weighted by molar-refractivity contribution is -0.385. The molecular weight excluding hydrogens is 354 g/mol. The number of para-hydroxylation sites is 1. The van der Waals surface area contributed by atoms with Gasteiger partial charge >= 0.3 is 11.7 Å². The molecule has 0 aliphatic carbocycles. The SMILES string of the molecule is COc1ccc(C=C2C(=O)NC(=O)N(c3ccccc3)C2=O)cc1[N+](=O)[O-]. The second-order valence-electron chi connectivity index (χ2n) is 5.48. The first-order chi connectivity index (χ1) is 12.9. The molecule has 136 valence electrons. The Morgan fingerprint density at radius 3 is 2.44 bits per heavy atom. The molecule has 0 unspecified atom stereocenters. The van der Waals surface area contributed by atoms with Gasteiger partial charge in [-0.2, -0.15) is 0 Å². The number of nitrogens with zero attached hydrogens (tertiary/aromatic N) is 2. The standard InChI is InChI=1S/C18H13N3O6/c1-27-15-8-7-11(10-14(15)21(25)26)9-13-16(22)19-18(24)20(17(13)23)12-5-3-2-4-6-12/h2-10H,1H3,(H,19,22,24). The largest absolute Gasteiger partial charge is 0.490 e. The molecule has 9 nitrogen and oxygen atoms in total. The van der Waals surface area contributed by atoms with Gasteiger partial charge in [-0.25, -0.2) is 9.69 Å². The molecule has 1 saturated heterocycles. The third-order valence-corrected chi connectivity index (χ3v) is 3.83. The molecule has 2 aromatic carbocycles. The second kappa shape index (κ2) is 7.08. The van der Waals surface area contributed by atoms with Crippen LogP contribution in [0.2, 0.25) is 0 Å². The lowest BCUT2D eigenvalue weighted by Crippen LogP contribution is -2.54. The van der Waals surface area contributed by atoms with Crippen LogP contribution in [0.4, 0.5) is 16.2 Å². The highest BCUT2D eigenvalue weighted by Gasteiger charge is 2.36. The van der Waals surface area contributed by atoms with E-state index in [0.29, 0.717) is 5.69 Å². The van der Waals surface area contributed by atoms with Crippen molar-refractivity contribution in [2.75, 3.05) is 12.0 Å². The number of nitrogens with one attached hydrogen (secondary N) is 1. The number of urea groups is 1. The lowest BCUT2D eigenvalue weighted by atomic mass is 10.1. The molecule has 0 radical (unpaired) electrons. The van der Waals surface area contributed by atoms with Crippen LogP contribution in [0.3, 0.4) is 0 Å². The Morgan fingerprint density at radius 2 is 1.81 bits per heavy atom. The maximum atomic E-state index is 12.7. The highest BCUT2D eigenvalue weighted by molar-refractivity contribution is 6.39. The van der Waals surface area contributed by atoms with Crippen LogP contribution in [0.5, 0.6) is 5.75 Å². The van der Waals surface area contributed by atoms with E-state index < -0.39 is 22.8 Å². The van der Waals surface area contributed by atoms with E-state index in [9.17, 15) is 24.5 Å². The number of nitro benzene ring substituents is 1. The summed E-state index contributed by atoms with van der Waals surface area (Å²) in [6.07, 6.45) is 1.19. The number of anilines is 1. The summed E-state index contributed by atoms with van der Waals surface area (Å²) < 4.78 is 4.92. The maximum Gasteiger partial charge on any atom is 0.335 e. The summed E-state index contributed by atoms with van der Waals surface area (Å²) in [7, 11) is 1.29. The van der Waals surface area contributed by atoms with E-state index in [1.165, 1.54) is 31.4 Å². The number of benzene rings is 2. The van der Waals surface area contributed by atoms with Crippen molar-refractivity contribution in [3.05, 3.63) is 69.8 Å². The summed E-state index contributed by atoms with van der Waals surface area (Å²) in [5.74, 6) is -1.66. The van der Waals surface area contributed by atoms with E-state index in [1.54, 1.807) is 30.3 Å². The molecule has 9 heteroatoms. The van der Waals surface area contributed by atoms with E-state index in [-0.39, 0.29) is 22.6 Å². The molecule has 1 aliphatic heterocycles. The molecule has 1 fully saturated rings. The van der Waals surface area contributed by atoms with E-state index in [2.05, 4.69) is 5.32 Å². The van der Waals surface area contributed by atoms with Gasteiger partial charge in [0.15, 0.2) is 5.75 Å². The summed E-state index contributed by atoms with van der Waals surface area (Å²) >= 11 is 0. The van der Waals surface area contributed by atoms with Crippen molar-refractivity contribution in [3.63, 3.8) is 0 Å². The molecule has 0 saturated carbocycles. The molecule has 4 amide bonds. The summed E-state index contributed by atoms with van der Waals surface area (Å²) in [4.78, 5) is 48.3. The van der Waals surface area contributed by atoms with Crippen molar-refractivity contribution in [1.82, 2.24) is 5.32 Å². The smallest absolute Gasteiger partial charge is 0.335 e. The van der Waals surface area contributed by atoms with Crippen molar-refractivity contribution in [3.8, 4) is 5.75 Å². The highest BCUT2D eigenvalue weighted by Crippen LogP contribution is 2.29. The highest BCUT2D eigenvalue weighted by atomic mass is 16.6. The van der Waals surface area contributed by atoms with Crippen LogP contribution >= 0.6 is 0 Å². The van der Waals surface area contributed by atoms with Gasteiger partial charge in [0, 0.05) is 6.07 Å². The van der Waals surface area contributed by atoms with Gasteiger partial charge in [0.25, 0.3) is 11.8 Å². The molecule has 0 atom stereocenters. The normalized spacial score (nSPS) is 15.7. The third-order valence-electron chi connectivity index (χ3n) is 3.83. The fourth-order valence-electron chi connectivity index (χ4n) is 2.58. The predicted molar refractivity (Wildman–Crippen MR) is 95.1 cm³/mol. The van der Waals surface area contributed by atoms with Crippen molar-refractivity contribution in [2.45, 2.75) is 0 Å². The van der Waals surface area contributed by atoms with Gasteiger partial charge in [-0.15, -0.1) is 0 Å². The molecule has 0 aromatic heterocycles. The fourth-order valence-corrected chi connectivity index (χ4v) is 2.58. The Bertz CT molecular complexity index is 984. The first-order valence-electron chi connectivity index (χ1n) is 7.71. The van der Waals surface area contributed by atoms with Gasteiger partial charge in [-0.3, -0.25) is 25.0 Å². The molecule has 27 heavy (non-hydrogen) atoms. The number of hydrogen-bond donors (Lipinski definition) is 1. The zero-order valence-electron chi connectivity index (χ0n) is 14.0. The average Bonchev–Trinajstić information content (AvgIpc) is 2.65. The number of amides is 4. The number of carbonyl (C=O) groups excluding carboxylic acids is 3. The number of rotatable bonds is 4. The summed E-state index contributed by atoms with van der Waals surface area (Å²) in [5, 5.41) is 13.2. The van der Waals surface area contributed by atoms with Crippen LogP contribution in [0.15, 0.2) is 54.1 Å². The van der Waals surface area contributed by atoms with E-state index in [4.69, 9.17) is 4.74 Å². The minimum Gasteiger partial charge on any atom is -0.490 e. The van der Waals surface area contributed by atoms with Gasteiger partial charge in [0.1, 0.15) is 5.57 Å². The first-order valence-corrected chi connectivity index (χ1v) is 7.71. The Morgan fingerprint density at radius 1 is 1.11 bits per heavy atom. The molecule has 1 N–H and O–H groups in total. The fraction of sp³-hybridized carbons (Fsp3) is 0.0556. The summed E-state index contributed by atoms with van der Waals surface area (Å²) in [6, 6.07) is 11.2. The number of hydrogen-bond acceptors (Lipinski definition) is 6. The molecule has 2 aromatic rings. The predicted octanol–water partition coefficient (Wildman–Crippen LogP) is 2.27. The molecular formula is C18H13N3O6. The van der Waals surface area contributed by atoms with Gasteiger partial charge < -0.3 is 4.74 Å². The Hall–Kier alpha value is -4.01. The topological polar surface area (TPSA) is 119 Å². The quantitative estimate of drug-likeness (QED) is 0.383. The van der Waals surface area contributed by atoms with Crippen LogP contribution in [-0.4, -0.2) is 29.9 Å². The number of ether oxygens (including phenoxy) is 1. The van der Waals surface area contributed by atoms with Gasteiger partial charge in [-0.05, 0) is 29.8 Å². The van der Waals surface area contributed by atoms with Gasteiger partial charge in [-0.1, -0.05) is 24.3 Å². The van der Waals surface area contributed by atoms with E-state index in [0.717, 1.165) is 4.90 Å². The molecule has 1 aliphatic rings. The average molecular weight is 367 g/mol. The Balaban J connectivity index is 2.03. The Labute approximate surface area is 153 Å². The van der Waals surface area contributed by atoms with Crippen molar-refractivity contribution in [1.29, 1.82) is 0 Å². The van der Waals surface area contributed by atoms with E-state index in [1.807, 2.05) is 0 Å². The minimum absolute atomic E-state index is 0.0441. The van der Waals surface area contributed by atoms with Crippen molar-refractivity contribution >= 4 is 35.3 Å². The Kier molecular flexibility index (Phi) is 4.67. The van der Waals surface area contributed by atoms with E-state index >= 15 is 0 Å². The molecule has 0 spiro atoms. The molecule has 1 heterocycles. The van der Waals surface area contributed by atoms with Crippen LogP contribution < -0.4 is 15.0 Å². The molecule has 0 bridgehead atoms. The van der Waals surface area contributed by atoms with Crippen molar-refractivity contribution < 1.29 is 24.0 Å². The van der Waals surface area contributed by atoms with Gasteiger partial charge in [0.2, 0.25) is 0 Å². The lowest BCUT2D eigenvalue weighted by Gasteiger charge is -2.26. The minimum atomic E-state index is -0.879. The van der Waals surface area contributed by atoms with Crippen molar-refractivity contribution in [2.24, 2.45) is 0 Å². The number of methoxy groups -OCH3 is 1. The van der Waals surface area contributed by atoms with Crippen LogP contribution in [-0.2, 0) is 9.59 Å². The monoisotopic (exact) mass is 367 g/mol.